The van der Waals surface area contributed by atoms with Crippen LogP contribution in [0.3, 0.4) is 0 Å². The van der Waals surface area contributed by atoms with Crippen LogP contribution in [-0.2, 0) is 4.74 Å². The Balaban J connectivity index is 1.82. The molecular weight excluding hydrogens is 568 g/mol. The van der Waals surface area contributed by atoms with Crippen molar-refractivity contribution in [1.82, 2.24) is 0 Å². The molecule has 13 nitrogen and oxygen atoms in total. The van der Waals surface area contributed by atoms with Gasteiger partial charge in [0.25, 0.3) is 0 Å². The monoisotopic (exact) mass is 596 g/mol. The largest absolute Gasteiger partial charge is 0.507 e. The van der Waals surface area contributed by atoms with Crippen molar-refractivity contribution in [1.29, 1.82) is 0 Å². The average molecular weight is 597 g/mol. The van der Waals surface area contributed by atoms with Crippen LogP contribution in [-0.4, -0.2) is 97.5 Å². The molecule has 5 rings (SSSR count). The molecule has 5 atom stereocenters. The summed E-state index contributed by atoms with van der Waals surface area (Å²) in [6, 6.07) is 6.18. The summed E-state index contributed by atoms with van der Waals surface area (Å²) in [4.78, 5) is 40.2. The molecule has 13 heteroatoms. The van der Waals surface area contributed by atoms with Gasteiger partial charge in [0.15, 0.2) is 11.6 Å². The van der Waals surface area contributed by atoms with Crippen LogP contribution in [0.1, 0.15) is 54.7 Å². The molecule has 0 saturated carbocycles. The Morgan fingerprint density at radius 1 is 0.860 bits per heavy atom. The van der Waals surface area contributed by atoms with Crippen molar-refractivity contribution in [3.8, 4) is 39.9 Å². The molecule has 1 aliphatic heterocycles. The molecule has 7 N–H and O–H groups in total. The zero-order valence-corrected chi connectivity index (χ0v) is 23.1. The molecule has 1 aliphatic carbocycles. The van der Waals surface area contributed by atoms with Gasteiger partial charge in [-0.3, -0.25) is 14.4 Å². The summed E-state index contributed by atoms with van der Waals surface area (Å²) in [6.07, 6.45) is -8.51. The number of fused-ring (bicyclic) bond motifs is 2. The summed E-state index contributed by atoms with van der Waals surface area (Å²) in [5, 5.41) is 73.5. The van der Waals surface area contributed by atoms with E-state index in [0.29, 0.717) is 0 Å². The van der Waals surface area contributed by atoms with Crippen LogP contribution in [0.4, 0.5) is 0 Å². The quantitative estimate of drug-likeness (QED) is 0.154. The first-order valence-corrected chi connectivity index (χ1v) is 13.0. The number of phenols is 3. The van der Waals surface area contributed by atoms with Crippen molar-refractivity contribution in [2.24, 2.45) is 0 Å². The Morgan fingerprint density at radius 2 is 1.56 bits per heavy atom. The van der Waals surface area contributed by atoms with Crippen molar-refractivity contribution >= 4 is 17.3 Å². The van der Waals surface area contributed by atoms with E-state index in [9.17, 15) is 50.1 Å². The number of phenolic OH excluding ortho intramolecular Hbond substituents is 3. The van der Waals surface area contributed by atoms with E-state index < -0.39 is 77.5 Å². The first-order chi connectivity index (χ1) is 20.3. The minimum Gasteiger partial charge on any atom is -0.507 e. The molecule has 0 bridgehead atoms. The number of aryl methyl sites for hydroxylation is 1. The van der Waals surface area contributed by atoms with Gasteiger partial charge in [-0.15, -0.1) is 0 Å². The third kappa shape index (κ3) is 4.58. The number of ether oxygens (including phenoxy) is 3. The number of ketones is 3. The van der Waals surface area contributed by atoms with Gasteiger partial charge in [0.2, 0.25) is 12.1 Å². The first-order valence-electron chi connectivity index (χ1n) is 13.0. The summed E-state index contributed by atoms with van der Waals surface area (Å²) < 4.78 is 16.6. The number of rotatable bonds is 6. The summed E-state index contributed by atoms with van der Waals surface area (Å²) in [7, 11) is 1.21. The molecule has 3 aromatic rings. The van der Waals surface area contributed by atoms with Crippen molar-refractivity contribution < 1.29 is 64.3 Å². The van der Waals surface area contributed by atoms with Crippen LogP contribution < -0.4 is 9.47 Å². The highest BCUT2D eigenvalue weighted by Crippen LogP contribution is 2.51. The molecule has 3 aromatic carbocycles. The number of carbonyl (C=O) groups is 3. The maximum atomic E-state index is 13.9. The van der Waals surface area contributed by atoms with Gasteiger partial charge in [-0.1, -0.05) is 12.1 Å². The number of benzene rings is 3. The van der Waals surface area contributed by atoms with Gasteiger partial charge >= 0.3 is 0 Å². The third-order valence-corrected chi connectivity index (χ3v) is 7.61. The fourth-order valence-electron chi connectivity index (χ4n) is 5.55. The lowest BCUT2D eigenvalue weighted by Gasteiger charge is -2.40. The Labute approximate surface area is 243 Å². The van der Waals surface area contributed by atoms with E-state index in [1.54, 1.807) is 0 Å². The van der Waals surface area contributed by atoms with Gasteiger partial charge in [-0.05, 0) is 31.5 Å². The van der Waals surface area contributed by atoms with E-state index in [1.165, 1.54) is 32.2 Å². The topological polar surface area (TPSA) is 221 Å². The first kappa shape index (κ1) is 29.9. The normalized spacial score (nSPS) is 23.0. The number of hydrogen-bond acceptors (Lipinski definition) is 13. The van der Waals surface area contributed by atoms with Crippen molar-refractivity contribution in [2.75, 3.05) is 13.7 Å². The van der Waals surface area contributed by atoms with Gasteiger partial charge in [0, 0.05) is 22.8 Å². The van der Waals surface area contributed by atoms with E-state index in [0.717, 1.165) is 19.1 Å². The lowest BCUT2D eigenvalue weighted by Crippen LogP contribution is -2.60. The van der Waals surface area contributed by atoms with Crippen LogP contribution in [0.5, 0.6) is 28.7 Å². The molecule has 5 unspecified atom stereocenters. The Kier molecular flexibility index (Phi) is 7.62. The maximum absolute atomic E-state index is 13.9. The van der Waals surface area contributed by atoms with Crippen molar-refractivity contribution in [2.45, 2.75) is 44.6 Å². The van der Waals surface area contributed by atoms with E-state index in [2.05, 4.69) is 0 Å². The minimum absolute atomic E-state index is 0.137. The van der Waals surface area contributed by atoms with Crippen LogP contribution in [0.2, 0.25) is 0 Å². The second-order valence-corrected chi connectivity index (χ2v) is 10.2. The average Bonchev–Trinajstić information content (AvgIpc) is 2.96. The number of aromatic hydroxyl groups is 3. The lowest BCUT2D eigenvalue weighted by molar-refractivity contribution is -0.277. The van der Waals surface area contributed by atoms with Crippen LogP contribution in [0.15, 0.2) is 30.3 Å². The lowest BCUT2D eigenvalue weighted by atomic mass is 9.77. The highest BCUT2D eigenvalue weighted by Gasteiger charge is 2.46. The van der Waals surface area contributed by atoms with Gasteiger partial charge in [-0.2, -0.15) is 0 Å². The number of aliphatic hydroxyl groups is 4. The van der Waals surface area contributed by atoms with E-state index in [-0.39, 0.29) is 50.4 Å². The van der Waals surface area contributed by atoms with Crippen molar-refractivity contribution in [3.05, 3.63) is 63.7 Å². The smallest absolute Gasteiger partial charge is 0.229 e. The third-order valence-electron chi connectivity index (χ3n) is 7.61. The Morgan fingerprint density at radius 3 is 2.19 bits per heavy atom. The predicted octanol–water partition coefficient (Wildman–Crippen LogP) is 0.944. The van der Waals surface area contributed by atoms with Gasteiger partial charge in [0.05, 0.1) is 30.4 Å². The highest BCUT2D eigenvalue weighted by molar-refractivity contribution is 6.32. The zero-order valence-electron chi connectivity index (χ0n) is 23.1. The maximum Gasteiger partial charge on any atom is 0.229 e. The van der Waals surface area contributed by atoms with E-state index >= 15 is 0 Å². The Hall–Kier alpha value is -4.53. The molecule has 0 radical (unpaired) electrons. The van der Waals surface area contributed by atoms with Crippen LogP contribution in [0, 0.1) is 6.92 Å². The van der Waals surface area contributed by atoms with Crippen LogP contribution in [0.25, 0.3) is 11.1 Å². The van der Waals surface area contributed by atoms with Gasteiger partial charge < -0.3 is 50.0 Å². The predicted molar refractivity (Wildman–Crippen MR) is 146 cm³/mol. The summed E-state index contributed by atoms with van der Waals surface area (Å²) in [5.74, 6) is -4.69. The molecule has 1 heterocycles. The number of hydrogen-bond donors (Lipinski definition) is 7. The minimum atomic E-state index is -1.88. The SMILES string of the molecule is COc1cc(OC2OC(CO)C(O)C(O)C2O)c(-c2c(C)cc(O)c3c2C(=O)c2cccc(O)c2C3=O)c(O)c1C(C)=O. The molecular formula is C30H28O13. The molecule has 2 aliphatic rings. The number of Topliss-reactive ketones (excluding diaryl/α,β-unsaturated/α-hetero) is 1. The molecule has 43 heavy (non-hydrogen) atoms. The summed E-state index contributed by atoms with van der Waals surface area (Å²) >= 11 is 0. The fourth-order valence-corrected chi connectivity index (χ4v) is 5.55. The summed E-state index contributed by atoms with van der Waals surface area (Å²) in [6.45, 7) is 1.84. The second-order valence-electron chi connectivity index (χ2n) is 10.2. The molecule has 0 aromatic heterocycles. The molecule has 0 amide bonds. The van der Waals surface area contributed by atoms with Crippen LogP contribution >= 0.6 is 0 Å². The van der Waals surface area contributed by atoms with Gasteiger partial charge in [-0.25, -0.2) is 0 Å². The fraction of sp³-hybridized carbons (Fsp3) is 0.300. The van der Waals surface area contributed by atoms with Gasteiger partial charge in [0.1, 0.15) is 58.7 Å². The summed E-state index contributed by atoms with van der Waals surface area (Å²) in [5.41, 5.74) is -2.00. The number of aliphatic hydroxyl groups excluding tert-OH is 4. The highest BCUT2D eigenvalue weighted by atomic mass is 16.7. The van der Waals surface area contributed by atoms with E-state index in [1.807, 2.05) is 0 Å². The molecule has 226 valence electrons. The van der Waals surface area contributed by atoms with Crippen molar-refractivity contribution in [3.63, 3.8) is 0 Å². The zero-order chi connectivity index (χ0) is 31.5. The molecule has 1 saturated heterocycles. The second kappa shape index (κ2) is 10.9. The van der Waals surface area contributed by atoms with E-state index in [4.69, 9.17) is 14.2 Å². The standard InChI is InChI=1S/C30H28O13/c1-10-7-14(34)21-23(24(35)12-5-4-6-13(33)20(12)27(21)38)18(10)22-16(8-15(41-3)19(11(2)32)26(22)37)42-30-29(40)28(39)25(36)17(9-31)43-30/h4-8,17,25,28-31,33-34,36-37,39-40H,9H2,1-3H3. The molecule has 1 fully saturated rings. The Bertz CT molecular complexity index is 1680. The molecule has 0 spiro atoms. The number of carbonyl (C=O) groups excluding carboxylic acids is 3. The number of methoxy groups -OCH3 is 1.